The average molecular weight is 447 g/mol. The van der Waals surface area contributed by atoms with Gasteiger partial charge in [-0.25, -0.2) is 8.42 Å². The molecule has 1 saturated heterocycles. The summed E-state index contributed by atoms with van der Waals surface area (Å²) in [4.78, 5) is 17.2. The minimum Gasteiger partial charge on any atom is -0.335 e. The van der Waals surface area contributed by atoms with Gasteiger partial charge >= 0.3 is 0 Å². The molecular weight excluding hydrogens is 416 g/mol. The van der Waals surface area contributed by atoms with Crippen LogP contribution in [-0.2, 0) is 21.2 Å². The van der Waals surface area contributed by atoms with Gasteiger partial charge in [0.05, 0.1) is 10.9 Å². The number of hydrogen-bond acceptors (Lipinski definition) is 4. The molecule has 7 heteroatoms. The minimum atomic E-state index is -3.52. The second kappa shape index (κ2) is 8.44. The molecule has 1 aromatic heterocycles. The van der Waals surface area contributed by atoms with Crippen LogP contribution in [-0.4, -0.2) is 43.2 Å². The van der Waals surface area contributed by atoms with Gasteiger partial charge in [0.25, 0.3) is 0 Å². The Bertz CT molecular complexity index is 1040. The standard InChI is InChI=1S/C23H30N2O3S2/c1-4-20-19-10-14-29-21(19)9-13-25(20)23(26)18-7-11-24(12-8-18)30(27,28)22-6-5-16(2)15-17(22)3/h5-6,10,14-15,18,20H,4,7-9,11-13H2,1-3H3. The predicted molar refractivity (Wildman–Crippen MR) is 120 cm³/mol. The number of hydrogen-bond donors (Lipinski definition) is 0. The van der Waals surface area contributed by atoms with Gasteiger partial charge in [-0.05, 0) is 68.2 Å². The SMILES string of the molecule is CCC1c2ccsc2CCN1C(=O)C1CCN(S(=O)(=O)c2ccc(C)cc2C)CC1. The molecule has 1 amide bonds. The summed E-state index contributed by atoms with van der Waals surface area (Å²) in [6.07, 6.45) is 3.02. The van der Waals surface area contributed by atoms with Crippen LogP contribution in [0.2, 0.25) is 0 Å². The molecule has 0 spiro atoms. The number of carbonyl (C=O) groups is 1. The maximum Gasteiger partial charge on any atom is 0.243 e. The number of rotatable bonds is 4. The molecule has 4 rings (SSSR count). The smallest absolute Gasteiger partial charge is 0.243 e. The Kier molecular flexibility index (Phi) is 6.06. The van der Waals surface area contributed by atoms with Crippen molar-refractivity contribution in [2.45, 2.75) is 57.4 Å². The third-order valence-electron chi connectivity index (χ3n) is 6.52. The van der Waals surface area contributed by atoms with Crippen LogP contribution in [0.25, 0.3) is 0 Å². The van der Waals surface area contributed by atoms with Crippen LogP contribution < -0.4 is 0 Å². The van der Waals surface area contributed by atoms with Gasteiger partial charge in [-0.2, -0.15) is 4.31 Å². The van der Waals surface area contributed by atoms with Crippen molar-refractivity contribution in [1.82, 2.24) is 9.21 Å². The van der Waals surface area contributed by atoms with Crippen LogP contribution in [0.5, 0.6) is 0 Å². The van der Waals surface area contributed by atoms with Crippen LogP contribution in [0, 0.1) is 19.8 Å². The summed E-state index contributed by atoms with van der Waals surface area (Å²) in [5.74, 6) is 0.104. The zero-order valence-corrected chi connectivity index (χ0v) is 19.6. The maximum atomic E-state index is 13.3. The van der Waals surface area contributed by atoms with Gasteiger partial charge in [0.1, 0.15) is 0 Å². The molecule has 2 aromatic rings. The summed E-state index contributed by atoms with van der Waals surface area (Å²) in [6, 6.07) is 7.77. The molecule has 5 nitrogen and oxygen atoms in total. The molecule has 1 unspecified atom stereocenters. The van der Waals surface area contributed by atoms with Crippen molar-refractivity contribution in [1.29, 1.82) is 0 Å². The van der Waals surface area contributed by atoms with Crippen molar-refractivity contribution in [3.8, 4) is 0 Å². The number of aryl methyl sites for hydroxylation is 2. The van der Waals surface area contributed by atoms with Crippen LogP contribution in [0.3, 0.4) is 0 Å². The molecule has 2 aliphatic heterocycles. The summed E-state index contributed by atoms with van der Waals surface area (Å²) in [5, 5.41) is 2.12. The molecule has 0 N–H and O–H groups in total. The molecule has 2 aliphatic rings. The van der Waals surface area contributed by atoms with Gasteiger partial charge in [-0.15, -0.1) is 11.3 Å². The van der Waals surface area contributed by atoms with Crippen LogP contribution >= 0.6 is 11.3 Å². The van der Waals surface area contributed by atoms with Gasteiger partial charge in [0.2, 0.25) is 15.9 Å². The van der Waals surface area contributed by atoms with Crippen molar-refractivity contribution in [2.75, 3.05) is 19.6 Å². The average Bonchev–Trinajstić information content (AvgIpc) is 3.21. The van der Waals surface area contributed by atoms with E-state index < -0.39 is 10.0 Å². The highest BCUT2D eigenvalue weighted by Crippen LogP contribution is 2.37. The fourth-order valence-corrected chi connectivity index (χ4v) is 7.51. The number of sulfonamides is 1. The highest BCUT2D eigenvalue weighted by molar-refractivity contribution is 7.89. The highest BCUT2D eigenvalue weighted by Gasteiger charge is 2.37. The molecule has 3 heterocycles. The first-order valence-corrected chi connectivity index (χ1v) is 13.1. The first kappa shape index (κ1) is 21.5. The highest BCUT2D eigenvalue weighted by atomic mass is 32.2. The topological polar surface area (TPSA) is 57.7 Å². The van der Waals surface area contributed by atoms with Crippen molar-refractivity contribution in [2.24, 2.45) is 5.92 Å². The molecule has 0 aliphatic carbocycles. The number of nitrogens with zero attached hydrogens (tertiary/aromatic N) is 2. The van der Waals surface area contributed by atoms with E-state index in [1.165, 1.54) is 10.4 Å². The lowest BCUT2D eigenvalue weighted by Crippen LogP contribution is -2.47. The third-order valence-corrected chi connectivity index (χ3v) is 9.57. The van der Waals surface area contributed by atoms with E-state index in [1.54, 1.807) is 21.7 Å². The molecule has 1 fully saturated rings. The second-order valence-electron chi connectivity index (χ2n) is 8.45. The lowest BCUT2D eigenvalue weighted by atomic mass is 9.92. The van der Waals surface area contributed by atoms with E-state index >= 15 is 0 Å². The summed E-state index contributed by atoms with van der Waals surface area (Å²) in [7, 11) is -3.52. The van der Waals surface area contributed by atoms with Crippen molar-refractivity contribution >= 4 is 27.3 Å². The summed E-state index contributed by atoms with van der Waals surface area (Å²) in [5.41, 5.74) is 3.13. The number of thiophene rings is 1. The lowest BCUT2D eigenvalue weighted by molar-refractivity contribution is -0.139. The Balaban J connectivity index is 1.45. The minimum absolute atomic E-state index is 0.0928. The molecule has 0 radical (unpaired) electrons. The molecule has 0 bridgehead atoms. The van der Waals surface area contributed by atoms with Crippen molar-refractivity contribution in [3.05, 3.63) is 51.2 Å². The van der Waals surface area contributed by atoms with E-state index in [-0.39, 0.29) is 17.9 Å². The van der Waals surface area contributed by atoms with E-state index in [2.05, 4.69) is 18.4 Å². The van der Waals surface area contributed by atoms with Gasteiger partial charge in [0.15, 0.2) is 0 Å². The first-order chi connectivity index (χ1) is 14.3. The van der Waals surface area contributed by atoms with E-state index in [0.717, 1.165) is 30.5 Å². The quantitative estimate of drug-likeness (QED) is 0.704. The van der Waals surface area contributed by atoms with E-state index in [9.17, 15) is 13.2 Å². The maximum absolute atomic E-state index is 13.3. The van der Waals surface area contributed by atoms with Crippen LogP contribution in [0.1, 0.15) is 53.8 Å². The van der Waals surface area contributed by atoms with E-state index in [1.807, 2.05) is 30.9 Å². The normalized spacial score (nSPS) is 20.9. The number of piperidine rings is 1. The molecule has 30 heavy (non-hydrogen) atoms. The van der Waals surface area contributed by atoms with Crippen molar-refractivity contribution in [3.63, 3.8) is 0 Å². The summed E-state index contributed by atoms with van der Waals surface area (Å²) >= 11 is 1.79. The molecular formula is C23H30N2O3S2. The fourth-order valence-electron chi connectivity index (χ4n) is 4.91. The lowest BCUT2D eigenvalue weighted by Gasteiger charge is -2.39. The van der Waals surface area contributed by atoms with Gasteiger partial charge < -0.3 is 4.90 Å². The summed E-state index contributed by atoms with van der Waals surface area (Å²) in [6.45, 7) is 7.52. The largest absolute Gasteiger partial charge is 0.335 e. The van der Waals surface area contributed by atoms with E-state index in [4.69, 9.17) is 0 Å². The second-order valence-corrected chi connectivity index (χ2v) is 11.4. The molecule has 1 aromatic carbocycles. The number of carbonyl (C=O) groups excluding carboxylic acids is 1. The molecule has 162 valence electrons. The summed E-state index contributed by atoms with van der Waals surface area (Å²) < 4.78 is 27.8. The molecule has 1 atom stereocenters. The van der Waals surface area contributed by atoms with Crippen LogP contribution in [0.15, 0.2) is 34.5 Å². The Morgan fingerprint density at radius 2 is 1.87 bits per heavy atom. The number of amides is 1. The Labute approximate surface area is 183 Å². The van der Waals surface area contributed by atoms with Gasteiger partial charge in [0, 0.05) is 30.4 Å². The monoisotopic (exact) mass is 446 g/mol. The van der Waals surface area contributed by atoms with E-state index in [0.29, 0.717) is 30.8 Å². The number of fused-ring (bicyclic) bond motifs is 1. The van der Waals surface area contributed by atoms with Gasteiger partial charge in [-0.3, -0.25) is 4.79 Å². The molecule has 0 saturated carbocycles. The zero-order valence-electron chi connectivity index (χ0n) is 17.9. The fraction of sp³-hybridized carbons (Fsp3) is 0.522. The zero-order chi connectivity index (χ0) is 21.5. The van der Waals surface area contributed by atoms with Crippen molar-refractivity contribution < 1.29 is 13.2 Å². The number of benzene rings is 1. The Hall–Kier alpha value is -1.70. The first-order valence-electron chi connectivity index (χ1n) is 10.8. The Morgan fingerprint density at radius 3 is 2.53 bits per heavy atom. The predicted octanol–water partition coefficient (Wildman–Crippen LogP) is 4.30. The van der Waals surface area contributed by atoms with Crippen LogP contribution in [0.4, 0.5) is 0 Å². The van der Waals surface area contributed by atoms with Gasteiger partial charge in [-0.1, -0.05) is 24.6 Å². The Morgan fingerprint density at radius 1 is 1.13 bits per heavy atom. The third kappa shape index (κ3) is 3.83.